The van der Waals surface area contributed by atoms with Crippen LogP contribution in [0.2, 0.25) is 0 Å². The number of benzene rings is 2. The molecule has 1 amide bonds. The van der Waals surface area contributed by atoms with Crippen LogP contribution in [0.5, 0.6) is 11.8 Å². The Labute approximate surface area is 163 Å². The van der Waals surface area contributed by atoms with Crippen molar-refractivity contribution in [2.75, 3.05) is 0 Å². The molecule has 2 aromatic heterocycles. The Morgan fingerprint density at radius 3 is 2.28 bits per heavy atom. The Bertz CT molecular complexity index is 1230. The molecule has 4 N–H and O–H groups in total. The van der Waals surface area contributed by atoms with Crippen LogP contribution in [0.3, 0.4) is 0 Å². The molecule has 29 heavy (non-hydrogen) atoms. The minimum absolute atomic E-state index is 0.0933. The average Bonchev–Trinajstić information content (AvgIpc) is 3.02. The summed E-state index contributed by atoms with van der Waals surface area (Å²) in [5.74, 6) is -2.44. The highest BCUT2D eigenvalue weighted by Crippen LogP contribution is 2.32. The van der Waals surface area contributed by atoms with Crippen molar-refractivity contribution in [2.24, 2.45) is 5.73 Å². The number of halogens is 2. The van der Waals surface area contributed by atoms with Gasteiger partial charge in [-0.1, -0.05) is 24.3 Å². The molecule has 0 bridgehead atoms. The highest BCUT2D eigenvalue weighted by atomic mass is 19.1. The van der Waals surface area contributed by atoms with Crippen molar-refractivity contribution in [1.29, 1.82) is 0 Å². The fourth-order valence-electron chi connectivity index (χ4n) is 3.20. The van der Waals surface area contributed by atoms with E-state index in [-0.39, 0.29) is 35.1 Å². The summed E-state index contributed by atoms with van der Waals surface area (Å²) in [6, 6.07) is 12.6. The van der Waals surface area contributed by atoms with Gasteiger partial charge in [0.25, 0.3) is 5.91 Å². The van der Waals surface area contributed by atoms with Crippen molar-refractivity contribution >= 4 is 16.8 Å². The van der Waals surface area contributed by atoms with E-state index in [1.165, 1.54) is 48.5 Å². The first kappa shape index (κ1) is 18.4. The Hall–Kier alpha value is -3.94. The maximum absolute atomic E-state index is 15.3. The quantitative estimate of drug-likeness (QED) is 0.492. The highest BCUT2D eigenvalue weighted by Gasteiger charge is 2.18. The van der Waals surface area contributed by atoms with E-state index in [1.54, 1.807) is 6.07 Å². The van der Waals surface area contributed by atoms with Gasteiger partial charge >= 0.3 is 0 Å². The molecule has 0 aliphatic carbocycles. The number of aromatic hydroxyl groups is 2. The maximum atomic E-state index is 15.3. The van der Waals surface area contributed by atoms with Gasteiger partial charge in [-0.25, -0.2) is 13.8 Å². The molecule has 0 radical (unpaired) electrons. The van der Waals surface area contributed by atoms with Gasteiger partial charge in [0.05, 0.1) is 6.54 Å². The molecule has 0 aliphatic heterocycles. The SMILES string of the molecule is NC(=O)c1cc(-c2ccc(F)cc2)c2ccc(Cn3c(O)ccc3O)c(F)c2n1. The molecule has 0 saturated carbocycles. The number of nitrogens with zero attached hydrogens (tertiary/aromatic N) is 2. The van der Waals surface area contributed by atoms with E-state index in [0.717, 1.165) is 4.57 Å². The first-order valence-electron chi connectivity index (χ1n) is 8.60. The Balaban J connectivity index is 1.93. The van der Waals surface area contributed by atoms with Crippen LogP contribution in [-0.2, 0) is 6.54 Å². The van der Waals surface area contributed by atoms with E-state index in [0.29, 0.717) is 16.5 Å². The van der Waals surface area contributed by atoms with Crippen LogP contribution < -0.4 is 5.73 Å². The molecule has 0 spiro atoms. The molecule has 146 valence electrons. The molecule has 2 aromatic carbocycles. The van der Waals surface area contributed by atoms with E-state index in [2.05, 4.69) is 4.98 Å². The van der Waals surface area contributed by atoms with Crippen LogP contribution >= 0.6 is 0 Å². The molecule has 2 heterocycles. The third-order valence-electron chi connectivity index (χ3n) is 4.67. The van der Waals surface area contributed by atoms with Crippen molar-refractivity contribution in [1.82, 2.24) is 9.55 Å². The number of nitrogens with two attached hydrogens (primary N) is 1. The number of amides is 1. The van der Waals surface area contributed by atoms with Gasteiger partial charge in [0.2, 0.25) is 0 Å². The monoisotopic (exact) mass is 395 g/mol. The number of hydrogen-bond donors (Lipinski definition) is 3. The second-order valence-electron chi connectivity index (χ2n) is 6.50. The fraction of sp³-hybridized carbons (Fsp3) is 0.0476. The van der Waals surface area contributed by atoms with Gasteiger partial charge in [-0.05, 0) is 29.3 Å². The largest absolute Gasteiger partial charge is 0.494 e. The third kappa shape index (κ3) is 3.25. The lowest BCUT2D eigenvalue weighted by Gasteiger charge is -2.13. The zero-order valence-corrected chi connectivity index (χ0v) is 14.9. The molecular formula is C21H15F2N3O3. The molecule has 0 atom stereocenters. The average molecular weight is 395 g/mol. The predicted molar refractivity (Wildman–Crippen MR) is 102 cm³/mol. The lowest BCUT2D eigenvalue weighted by Crippen LogP contribution is -2.14. The van der Waals surface area contributed by atoms with Gasteiger partial charge in [-0.2, -0.15) is 0 Å². The van der Waals surface area contributed by atoms with Crippen LogP contribution in [0.1, 0.15) is 16.1 Å². The number of hydrogen-bond acceptors (Lipinski definition) is 4. The number of primary amides is 1. The summed E-state index contributed by atoms with van der Waals surface area (Å²) in [6.07, 6.45) is 0. The fourth-order valence-corrected chi connectivity index (χ4v) is 3.20. The van der Waals surface area contributed by atoms with Gasteiger partial charge in [0, 0.05) is 23.1 Å². The maximum Gasteiger partial charge on any atom is 0.267 e. The standard InChI is InChI=1S/C21H15F2N3O3/c22-13-4-1-11(2-5-13)15-9-16(21(24)29)25-20-14(15)6-3-12(19(20)23)10-26-17(27)7-8-18(26)28/h1-9,27-28H,10H2,(H2,24,29). The Kier molecular flexibility index (Phi) is 4.38. The zero-order chi connectivity index (χ0) is 20.7. The summed E-state index contributed by atoms with van der Waals surface area (Å²) in [5.41, 5.74) is 6.30. The van der Waals surface area contributed by atoms with E-state index in [4.69, 9.17) is 5.73 Å². The first-order chi connectivity index (χ1) is 13.8. The summed E-state index contributed by atoms with van der Waals surface area (Å²) >= 11 is 0. The Morgan fingerprint density at radius 1 is 1.00 bits per heavy atom. The van der Waals surface area contributed by atoms with Crippen molar-refractivity contribution in [3.05, 3.63) is 77.5 Å². The molecule has 0 fully saturated rings. The van der Waals surface area contributed by atoms with Crippen LogP contribution in [0, 0.1) is 11.6 Å². The number of aromatic nitrogens is 2. The minimum atomic E-state index is -0.833. The van der Waals surface area contributed by atoms with Crippen LogP contribution in [0.15, 0.2) is 54.6 Å². The second kappa shape index (κ2) is 6.90. The van der Waals surface area contributed by atoms with E-state index >= 15 is 4.39 Å². The molecule has 6 nitrogen and oxygen atoms in total. The predicted octanol–water partition coefficient (Wildman–Crippen LogP) is 3.54. The number of rotatable bonds is 4. The van der Waals surface area contributed by atoms with E-state index in [9.17, 15) is 19.4 Å². The van der Waals surface area contributed by atoms with Crippen molar-refractivity contribution < 1.29 is 23.8 Å². The molecule has 4 aromatic rings. The zero-order valence-electron chi connectivity index (χ0n) is 14.9. The lowest BCUT2D eigenvalue weighted by molar-refractivity contribution is 0.0996. The van der Waals surface area contributed by atoms with Gasteiger partial charge in [-0.15, -0.1) is 0 Å². The van der Waals surface area contributed by atoms with Gasteiger partial charge in [0.15, 0.2) is 17.6 Å². The number of pyridine rings is 1. The molecular weight excluding hydrogens is 380 g/mol. The number of carbonyl (C=O) groups is 1. The van der Waals surface area contributed by atoms with Crippen LogP contribution in [0.4, 0.5) is 8.78 Å². The van der Waals surface area contributed by atoms with Gasteiger partial charge < -0.3 is 15.9 Å². The van der Waals surface area contributed by atoms with Crippen LogP contribution in [0.25, 0.3) is 22.0 Å². The molecule has 4 rings (SSSR count). The summed E-state index contributed by atoms with van der Waals surface area (Å²) in [4.78, 5) is 15.8. The van der Waals surface area contributed by atoms with Crippen molar-refractivity contribution in [3.8, 4) is 22.9 Å². The van der Waals surface area contributed by atoms with Crippen molar-refractivity contribution in [2.45, 2.75) is 6.54 Å². The molecule has 0 saturated heterocycles. The Morgan fingerprint density at radius 2 is 1.66 bits per heavy atom. The van der Waals surface area contributed by atoms with E-state index < -0.39 is 17.5 Å². The topological polar surface area (TPSA) is 101 Å². The third-order valence-corrected chi connectivity index (χ3v) is 4.67. The van der Waals surface area contributed by atoms with Crippen LogP contribution in [-0.4, -0.2) is 25.7 Å². The highest BCUT2D eigenvalue weighted by molar-refractivity contribution is 6.01. The molecule has 8 heteroatoms. The summed E-state index contributed by atoms with van der Waals surface area (Å²) in [5, 5.41) is 20.0. The van der Waals surface area contributed by atoms with Gasteiger partial charge in [0.1, 0.15) is 17.0 Å². The lowest BCUT2D eigenvalue weighted by atomic mass is 9.98. The summed E-state index contributed by atoms with van der Waals surface area (Å²) in [6.45, 7) is -0.152. The smallest absolute Gasteiger partial charge is 0.267 e. The first-order valence-corrected chi connectivity index (χ1v) is 8.60. The molecule has 0 aliphatic rings. The second-order valence-corrected chi connectivity index (χ2v) is 6.50. The normalized spacial score (nSPS) is 11.1. The summed E-state index contributed by atoms with van der Waals surface area (Å²) < 4.78 is 29.7. The number of carbonyl (C=O) groups excluding carboxylic acids is 1. The van der Waals surface area contributed by atoms with Gasteiger partial charge in [-0.3, -0.25) is 9.36 Å². The minimum Gasteiger partial charge on any atom is -0.494 e. The molecule has 0 unspecified atom stereocenters. The van der Waals surface area contributed by atoms with Crippen molar-refractivity contribution in [3.63, 3.8) is 0 Å². The summed E-state index contributed by atoms with van der Waals surface area (Å²) in [7, 11) is 0. The van der Waals surface area contributed by atoms with E-state index in [1.807, 2.05) is 0 Å². The number of fused-ring (bicyclic) bond motifs is 1.